The second kappa shape index (κ2) is 11.6. The lowest BCUT2D eigenvalue weighted by molar-refractivity contribution is 0.0746. The first-order chi connectivity index (χ1) is 19.4. The fourth-order valence-electron chi connectivity index (χ4n) is 4.37. The number of primary amides is 1. The Hall–Kier alpha value is -4.63. The monoisotopic (exact) mass is 555 g/mol. The van der Waals surface area contributed by atoms with Gasteiger partial charge in [-0.05, 0) is 66.6 Å². The second-order valence-electron chi connectivity index (χ2n) is 9.08. The van der Waals surface area contributed by atoms with Gasteiger partial charge in [0, 0.05) is 22.3 Å². The first-order valence-corrected chi connectivity index (χ1v) is 13.3. The zero-order valence-electron chi connectivity index (χ0n) is 21.8. The van der Waals surface area contributed by atoms with Crippen LogP contribution in [0.5, 0.6) is 11.5 Å². The number of carbonyl (C=O) groups is 2. The van der Waals surface area contributed by atoms with E-state index in [4.69, 9.17) is 15.2 Å². The van der Waals surface area contributed by atoms with Crippen molar-refractivity contribution in [3.05, 3.63) is 130 Å². The van der Waals surface area contributed by atoms with Gasteiger partial charge in [-0.25, -0.2) is 9.40 Å². The molecule has 202 valence electrons. The van der Waals surface area contributed by atoms with Crippen LogP contribution in [0.3, 0.4) is 0 Å². The summed E-state index contributed by atoms with van der Waals surface area (Å²) in [4.78, 5) is 25.4. The Labute approximate surface area is 235 Å². The molecule has 4 aromatic rings. The fourth-order valence-corrected chi connectivity index (χ4v) is 5.54. The van der Waals surface area contributed by atoms with E-state index in [2.05, 4.69) is 5.10 Å². The van der Waals surface area contributed by atoms with Gasteiger partial charge < -0.3 is 15.2 Å². The number of benzene rings is 4. The summed E-state index contributed by atoms with van der Waals surface area (Å²) in [6, 6.07) is 25.7. The van der Waals surface area contributed by atoms with Crippen molar-refractivity contribution in [1.82, 2.24) is 5.01 Å². The Morgan fingerprint density at radius 3 is 2.48 bits per heavy atom. The summed E-state index contributed by atoms with van der Waals surface area (Å²) in [5, 5.41) is 6.12. The molecule has 0 aromatic heterocycles. The number of hydrogen-bond acceptors (Lipinski definition) is 6. The maximum atomic E-state index is 13.8. The van der Waals surface area contributed by atoms with Crippen LogP contribution < -0.4 is 15.2 Å². The highest BCUT2D eigenvalue weighted by molar-refractivity contribution is 8.14. The molecule has 5 rings (SSSR count). The number of hydrazone groups is 1. The summed E-state index contributed by atoms with van der Waals surface area (Å²) in [5.74, 6) is -0.239. The summed E-state index contributed by atoms with van der Waals surface area (Å²) < 4.78 is 25.5. The lowest BCUT2D eigenvalue weighted by atomic mass is 10.1. The van der Waals surface area contributed by atoms with Crippen molar-refractivity contribution in [3.8, 4) is 11.5 Å². The van der Waals surface area contributed by atoms with Crippen LogP contribution in [-0.4, -0.2) is 29.0 Å². The van der Waals surface area contributed by atoms with Crippen molar-refractivity contribution in [3.63, 3.8) is 0 Å². The largest absolute Gasteiger partial charge is 0.492 e. The summed E-state index contributed by atoms with van der Waals surface area (Å²) in [7, 11) is 1.54. The minimum Gasteiger partial charge on any atom is -0.492 e. The van der Waals surface area contributed by atoms with E-state index in [9.17, 15) is 14.0 Å². The molecule has 1 atom stereocenters. The van der Waals surface area contributed by atoms with Gasteiger partial charge in [0.1, 0.15) is 22.8 Å². The standard InChI is InChI=1S/C31H26FN3O4S/c1-19-7-3-4-10-24(19)30(37)35-31(40-29(34-35)21-13-15-23(32)16-14-21)25-11-6-12-26(27(25)38-2)39-18-20-8-5-9-22(17-20)28(33)36/h3-17,31H,18H2,1-2H3,(H2,33,36). The van der Waals surface area contributed by atoms with Crippen molar-refractivity contribution in [2.75, 3.05) is 7.11 Å². The highest BCUT2D eigenvalue weighted by Crippen LogP contribution is 2.47. The van der Waals surface area contributed by atoms with Gasteiger partial charge in [-0.15, -0.1) is 0 Å². The molecule has 0 bridgehead atoms. The van der Waals surface area contributed by atoms with Gasteiger partial charge in [0.25, 0.3) is 5.91 Å². The molecule has 0 saturated carbocycles. The summed E-state index contributed by atoms with van der Waals surface area (Å²) in [5.41, 5.74) is 9.28. The SMILES string of the molecule is COc1c(OCc2cccc(C(N)=O)c2)cccc1C1SC(c2ccc(F)cc2)=NN1C(=O)c1ccccc1C. The van der Waals surface area contributed by atoms with Crippen LogP contribution in [0.25, 0.3) is 0 Å². The summed E-state index contributed by atoms with van der Waals surface area (Å²) in [6.07, 6.45) is 0. The van der Waals surface area contributed by atoms with Crippen molar-refractivity contribution in [2.24, 2.45) is 10.8 Å². The first kappa shape index (κ1) is 27.0. The maximum Gasteiger partial charge on any atom is 0.275 e. The van der Waals surface area contributed by atoms with E-state index < -0.39 is 11.3 Å². The van der Waals surface area contributed by atoms with Crippen LogP contribution in [0.4, 0.5) is 4.39 Å². The number of nitrogens with zero attached hydrogens (tertiary/aromatic N) is 2. The molecule has 0 saturated heterocycles. The highest BCUT2D eigenvalue weighted by Gasteiger charge is 2.37. The number of methoxy groups -OCH3 is 1. The first-order valence-electron chi connectivity index (χ1n) is 12.4. The van der Waals surface area contributed by atoms with Crippen LogP contribution >= 0.6 is 11.8 Å². The number of thioether (sulfide) groups is 1. The number of rotatable bonds is 8. The Balaban J connectivity index is 1.50. The fraction of sp³-hybridized carbons (Fsp3) is 0.129. The van der Waals surface area contributed by atoms with Crippen molar-refractivity contribution in [2.45, 2.75) is 18.9 Å². The molecule has 9 heteroatoms. The van der Waals surface area contributed by atoms with Crippen molar-refractivity contribution in [1.29, 1.82) is 0 Å². The van der Waals surface area contributed by atoms with Crippen molar-refractivity contribution < 1.29 is 23.5 Å². The normalized spacial score (nSPS) is 14.5. The number of ether oxygens (including phenoxy) is 2. The smallest absolute Gasteiger partial charge is 0.275 e. The van der Waals surface area contributed by atoms with E-state index in [-0.39, 0.29) is 18.3 Å². The lowest BCUT2D eigenvalue weighted by Crippen LogP contribution is -2.27. The molecule has 40 heavy (non-hydrogen) atoms. The summed E-state index contributed by atoms with van der Waals surface area (Å²) in [6.45, 7) is 2.04. The molecular formula is C31H26FN3O4S. The van der Waals surface area contributed by atoms with Crippen LogP contribution in [0.2, 0.25) is 0 Å². The average molecular weight is 556 g/mol. The molecule has 2 N–H and O–H groups in total. The minimum atomic E-state index is -0.580. The molecule has 0 aliphatic carbocycles. The molecular weight excluding hydrogens is 529 g/mol. The van der Waals surface area contributed by atoms with Gasteiger partial charge >= 0.3 is 0 Å². The Morgan fingerprint density at radius 1 is 1.00 bits per heavy atom. The molecule has 1 unspecified atom stereocenters. The third kappa shape index (κ3) is 5.55. The molecule has 4 aromatic carbocycles. The van der Waals surface area contributed by atoms with E-state index in [1.807, 2.05) is 43.3 Å². The highest BCUT2D eigenvalue weighted by atomic mass is 32.2. The molecule has 1 heterocycles. The number of halogens is 1. The summed E-state index contributed by atoms with van der Waals surface area (Å²) >= 11 is 1.36. The predicted molar refractivity (Wildman–Crippen MR) is 153 cm³/mol. The average Bonchev–Trinajstić information content (AvgIpc) is 3.41. The molecule has 2 amide bonds. The van der Waals surface area contributed by atoms with Crippen LogP contribution in [0.15, 0.2) is 96.1 Å². The van der Waals surface area contributed by atoms with Gasteiger partial charge in [-0.1, -0.05) is 54.2 Å². The van der Waals surface area contributed by atoms with Gasteiger partial charge in [-0.3, -0.25) is 9.59 Å². The Bertz CT molecular complexity index is 1610. The number of aryl methyl sites for hydroxylation is 1. The molecule has 0 fully saturated rings. The zero-order valence-corrected chi connectivity index (χ0v) is 22.7. The predicted octanol–water partition coefficient (Wildman–Crippen LogP) is 6.07. The number of hydrogen-bond donors (Lipinski definition) is 1. The third-order valence-corrected chi connectivity index (χ3v) is 7.62. The van der Waals surface area contributed by atoms with Gasteiger partial charge in [0.2, 0.25) is 5.91 Å². The van der Waals surface area contributed by atoms with Crippen molar-refractivity contribution >= 4 is 28.6 Å². The van der Waals surface area contributed by atoms with E-state index in [1.54, 1.807) is 42.5 Å². The Kier molecular flexibility index (Phi) is 7.84. The molecule has 0 radical (unpaired) electrons. The van der Waals surface area contributed by atoms with Gasteiger partial charge in [0.05, 0.1) is 7.11 Å². The molecule has 0 spiro atoms. The van der Waals surface area contributed by atoms with Crippen LogP contribution in [0.1, 0.15) is 48.3 Å². The van der Waals surface area contributed by atoms with Gasteiger partial charge in [0.15, 0.2) is 11.5 Å². The van der Waals surface area contributed by atoms with E-state index >= 15 is 0 Å². The van der Waals surface area contributed by atoms with E-state index in [0.29, 0.717) is 38.8 Å². The number of para-hydroxylation sites is 1. The minimum absolute atomic E-state index is 0.169. The van der Waals surface area contributed by atoms with E-state index in [0.717, 1.165) is 11.1 Å². The number of carbonyl (C=O) groups excluding carboxylic acids is 2. The maximum absolute atomic E-state index is 13.8. The van der Waals surface area contributed by atoms with Crippen LogP contribution in [-0.2, 0) is 6.61 Å². The molecule has 1 aliphatic heterocycles. The lowest BCUT2D eigenvalue weighted by Gasteiger charge is -2.24. The quantitative estimate of drug-likeness (QED) is 0.285. The number of nitrogens with two attached hydrogens (primary N) is 1. The Morgan fingerprint density at radius 2 is 1.75 bits per heavy atom. The van der Waals surface area contributed by atoms with Crippen LogP contribution in [0, 0.1) is 12.7 Å². The zero-order chi connectivity index (χ0) is 28.2. The molecule has 1 aliphatic rings. The van der Waals surface area contributed by atoms with Gasteiger partial charge in [-0.2, -0.15) is 5.10 Å². The molecule has 7 nitrogen and oxygen atoms in total. The number of amides is 2. The van der Waals surface area contributed by atoms with E-state index in [1.165, 1.54) is 36.0 Å². The second-order valence-corrected chi connectivity index (χ2v) is 10.1. The topological polar surface area (TPSA) is 94.2 Å². The third-order valence-electron chi connectivity index (χ3n) is 6.40.